The molecule has 196 valence electrons. The van der Waals surface area contributed by atoms with Gasteiger partial charge in [-0.15, -0.1) is 0 Å². The van der Waals surface area contributed by atoms with Crippen LogP contribution < -0.4 is 4.74 Å². The van der Waals surface area contributed by atoms with E-state index in [2.05, 4.69) is 13.8 Å². The molecule has 0 radical (unpaired) electrons. The molecule has 0 bridgehead atoms. The van der Waals surface area contributed by atoms with Gasteiger partial charge >= 0.3 is 0 Å². The van der Waals surface area contributed by atoms with Gasteiger partial charge in [0.25, 0.3) is 0 Å². The number of rotatable bonds is 10. The lowest BCUT2D eigenvalue weighted by Crippen LogP contribution is -2.06. The van der Waals surface area contributed by atoms with E-state index in [-0.39, 0.29) is 16.9 Å². The molecular weight excluding hydrogens is 476 g/mol. The van der Waals surface area contributed by atoms with Crippen LogP contribution in [-0.2, 0) is 0 Å². The Balaban J connectivity index is 1.52. The van der Waals surface area contributed by atoms with Gasteiger partial charge in [0.2, 0.25) is 5.82 Å². The number of allylic oxidation sites excluding steroid dienone is 2. The standard InChI is InChI=1S/C32H34F4O/c1-3-5-6-20-37-28-19-18-27(31(35)32(28)36)24-14-12-23(13-15-24)26-17-16-25(29(33)30(26)34)22-10-8-21(7-4-2)9-11-22/h10,12-19,21H,3-9,11,20H2,1-2H3. The summed E-state index contributed by atoms with van der Waals surface area (Å²) >= 11 is 0. The van der Waals surface area contributed by atoms with Gasteiger partial charge in [0.1, 0.15) is 0 Å². The molecule has 1 aliphatic carbocycles. The van der Waals surface area contributed by atoms with Crippen molar-refractivity contribution in [3.63, 3.8) is 0 Å². The van der Waals surface area contributed by atoms with Gasteiger partial charge in [-0.2, -0.15) is 4.39 Å². The molecule has 3 aromatic carbocycles. The largest absolute Gasteiger partial charge is 0.490 e. The van der Waals surface area contributed by atoms with Crippen molar-refractivity contribution in [2.45, 2.75) is 65.2 Å². The van der Waals surface area contributed by atoms with Gasteiger partial charge in [0.05, 0.1) is 6.61 Å². The zero-order valence-corrected chi connectivity index (χ0v) is 21.6. The molecule has 0 N–H and O–H groups in total. The molecule has 0 heterocycles. The van der Waals surface area contributed by atoms with Crippen LogP contribution in [-0.4, -0.2) is 6.61 Å². The lowest BCUT2D eigenvalue weighted by atomic mass is 9.84. The monoisotopic (exact) mass is 510 g/mol. The molecule has 0 aromatic heterocycles. The fourth-order valence-corrected chi connectivity index (χ4v) is 5.05. The molecule has 1 unspecified atom stereocenters. The normalized spacial score (nSPS) is 15.5. The molecule has 3 aromatic rings. The topological polar surface area (TPSA) is 9.23 Å². The molecule has 5 heteroatoms. The van der Waals surface area contributed by atoms with Crippen LogP contribution in [0.25, 0.3) is 27.8 Å². The molecule has 0 saturated carbocycles. The Hall–Kier alpha value is -3.08. The smallest absolute Gasteiger partial charge is 0.201 e. The van der Waals surface area contributed by atoms with E-state index in [0.29, 0.717) is 29.2 Å². The van der Waals surface area contributed by atoms with Crippen molar-refractivity contribution in [3.05, 3.63) is 83.4 Å². The fraction of sp³-hybridized carbons (Fsp3) is 0.375. The lowest BCUT2D eigenvalue weighted by Gasteiger charge is -2.22. The second-order valence-corrected chi connectivity index (χ2v) is 9.82. The molecular formula is C32H34F4O. The molecule has 37 heavy (non-hydrogen) atoms. The minimum Gasteiger partial charge on any atom is -0.490 e. The fourth-order valence-electron chi connectivity index (χ4n) is 5.05. The summed E-state index contributed by atoms with van der Waals surface area (Å²) in [6, 6.07) is 12.5. The number of unbranched alkanes of at least 4 members (excludes halogenated alkanes) is 2. The second kappa shape index (κ2) is 12.4. The molecule has 0 fully saturated rings. The van der Waals surface area contributed by atoms with Gasteiger partial charge in [0.15, 0.2) is 23.2 Å². The van der Waals surface area contributed by atoms with Crippen LogP contribution in [0.3, 0.4) is 0 Å². The van der Waals surface area contributed by atoms with Crippen LogP contribution in [0.15, 0.2) is 54.6 Å². The van der Waals surface area contributed by atoms with E-state index in [9.17, 15) is 8.78 Å². The number of halogens is 4. The van der Waals surface area contributed by atoms with Crippen molar-refractivity contribution < 1.29 is 22.3 Å². The van der Waals surface area contributed by atoms with Gasteiger partial charge in [-0.05, 0) is 60.4 Å². The number of benzene rings is 3. The minimum absolute atomic E-state index is 0.0811. The summed E-state index contributed by atoms with van der Waals surface area (Å²) in [4.78, 5) is 0. The van der Waals surface area contributed by atoms with Gasteiger partial charge in [0, 0.05) is 16.7 Å². The summed E-state index contributed by atoms with van der Waals surface area (Å²) < 4.78 is 64.9. The van der Waals surface area contributed by atoms with E-state index in [4.69, 9.17) is 4.74 Å². The third kappa shape index (κ3) is 6.08. The minimum atomic E-state index is -1.03. The predicted molar refractivity (Wildman–Crippen MR) is 142 cm³/mol. The maximum atomic E-state index is 15.1. The number of hydrogen-bond acceptors (Lipinski definition) is 1. The molecule has 0 saturated heterocycles. The van der Waals surface area contributed by atoms with Gasteiger partial charge in [-0.1, -0.05) is 82.0 Å². The Bertz CT molecular complexity index is 1250. The Morgan fingerprint density at radius 2 is 1.30 bits per heavy atom. The lowest BCUT2D eigenvalue weighted by molar-refractivity contribution is 0.286. The molecule has 1 atom stereocenters. The highest BCUT2D eigenvalue weighted by atomic mass is 19.2. The first-order valence-corrected chi connectivity index (χ1v) is 13.3. The van der Waals surface area contributed by atoms with Gasteiger partial charge in [-0.3, -0.25) is 0 Å². The van der Waals surface area contributed by atoms with Crippen molar-refractivity contribution in [3.8, 4) is 28.0 Å². The average molecular weight is 511 g/mol. The first-order chi connectivity index (χ1) is 17.9. The van der Waals surface area contributed by atoms with Crippen molar-refractivity contribution in [2.75, 3.05) is 6.61 Å². The van der Waals surface area contributed by atoms with E-state index in [1.807, 2.05) is 6.08 Å². The van der Waals surface area contributed by atoms with Crippen molar-refractivity contribution in [2.24, 2.45) is 5.92 Å². The van der Waals surface area contributed by atoms with Crippen molar-refractivity contribution in [1.82, 2.24) is 0 Å². The maximum absolute atomic E-state index is 15.1. The Morgan fingerprint density at radius 1 is 0.703 bits per heavy atom. The molecule has 1 nitrogen and oxygen atoms in total. The second-order valence-electron chi connectivity index (χ2n) is 9.82. The van der Waals surface area contributed by atoms with Crippen LogP contribution in [0.4, 0.5) is 17.6 Å². The van der Waals surface area contributed by atoms with Crippen LogP contribution in [0, 0.1) is 29.2 Å². The molecule has 0 spiro atoms. The Morgan fingerprint density at radius 3 is 1.89 bits per heavy atom. The van der Waals surface area contributed by atoms with E-state index in [1.165, 1.54) is 12.1 Å². The first kappa shape index (κ1) is 27.0. The van der Waals surface area contributed by atoms with Gasteiger partial charge in [-0.25, -0.2) is 13.2 Å². The maximum Gasteiger partial charge on any atom is 0.201 e. The van der Waals surface area contributed by atoms with Crippen molar-refractivity contribution in [1.29, 1.82) is 0 Å². The van der Waals surface area contributed by atoms with Crippen LogP contribution in [0.5, 0.6) is 5.75 Å². The summed E-state index contributed by atoms with van der Waals surface area (Å²) in [7, 11) is 0. The molecule has 0 aliphatic heterocycles. The summed E-state index contributed by atoms with van der Waals surface area (Å²) in [5.74, 6) is -3.26. The number of hydrogen-bond donors (Lipinski definition) is 0. The SMILES string of the molecule is CCCCCOc1ccc(-c2ccc(-c3ccc(C4=CCC(CCC)CC4)c(F)c3F)cc2)c(F)c1F. The Kier molecular flexibility index (Phi) is 9.07. The third-order valence-corrected chi connectivity index (χ3v) is 7.20. The highest BCUT2D eigenvalue weighted by Crippen LogP contribution is 2.37. The predicted octanol–water partition coefficient (Wildman–Crippen LogP) is 10.1. The highest BCUT2D eigenvalue weighted by Gasteiger charge is 2.21. The zero-order valence-electron chi connectivity index (χ0n) is 21.6. The average Bonchev–Trinajstić information content (AvgIpc) is 2.91. The number of ether oxygens (including phenoxy) is 1. The first-order valence-electron chi connectivity index (χ1n) is 13.3. The van der Waals surface area contributed by atoms with E-state index in [1.54, 1.807) is 36.4 Å². The van der Waals surface area contributed by atoms with Crippen LogP contribution in [0.1, 0.15) is 70.8 Å². The van der Waals surface area contributed by atoms with Crippen LogP contribution >= 0.6 is 0 Å². The summed E-state index contributed by atoms with van der Waals surface area (Å²) in [5.41, 5.74) is 2.30. The summed E-state index contributed by atoms with van der Waals surface area (Å²) in [6.07, 6.45) is 9.71. The highest BCUT2D eigenvalue weighted by molar-refractivity contribution is 5.74. The summed E-state index contributed by atoms with van der Waals surface area (Å²) in [6.45, 7) is 4.54. The van der Waals surface area contributed by atoms with Crippen molar-refractivity contribution >= 4 is 5.57 Å². The van der Waals surface area contributed by atoms with Crippen LogP contribution in [0.2, 0.25) is 0 Å². The van der Waals surface area contributed by atoms with Gasteiger partial charge < -0.3 is 4.74 Å². The van der Waals surface area contributed by atoms with E-state index in [0.717, 1.165) is 56.9 Å². The molecule has 4 rings (SSSR count). The quantitative estimate of drug-likeness (QED) is 0.195. The van der Waals surface area contributed by atoms with E-state index >= 15 is 8.78 Å². The van der Waals surface area contributed by atoms with E-state index < -0.39 is 23.3 Å². The molecule has 0 amide bonds. The third-order valence-electron chi connectivity index (χ3n) is 7.20. The molecule has 1 aliphatic rings. The Labute approximate surface area is 217 Å². The summed E-state index contributed by atoms with van der Waals surface area (Å²) in [5, 5.41) is 0. The zero-order chi connectivity index (χ0) is 26.4.